The van der Waals surface area contributed by atoms with Gasteiger partial charge in [0.05, 0.1) is 19.3 Å². The number of hydrogen-bond acceptors (Lipinski definition) is 7. The number of fused-ring (bicyclic) bond motifs is 1. The summed E-state index contributed by atoms with van der Waals surface area (Å²) < 4.78 is 15.2. The van der Waals surface area contributed by atoms with Crippen LogP contribution in [0.15, 0.2) is 12.3 Å². The molecular formula is C21H26BN7O2. The summed E-state index contributed by atoms with van der Waals surface area (Å²) >= 11 is 0. The lowest BCUT2D eigenvalue weighted by Crippen LogP contribution is -2.19. The summed E-state index contributed by atoms with van der Waals surface area (Å²) in [6, 6.07) is 4.13. The third kappa shape index (κ3) is 3.86. The van der Waals surface area contributed by atoms with Gasteiger partial charge >= 0.3 is 0 Å². The van der Waals surface area contributed by atoms with Crippen molar-refractivity contribution in [3.05, 3.63) is 18.0 Å². The summed E-state index contributed by atoms with van der Waals surface area (Å²) in [5.74, 6) is 1.06. The Morgan fingerprint density at radius 3 is 2.81 bits per heavy atom. The molecule has 2 atom stereocenters. The first kappa shape index (κ1) is 21.2. The second-order valence-electron chi connectivity index (χ2n) is 7.94. The van der Waals surface area contributed by atoms with Crippen LogP contribution >= 0.6 is 0 Å². The minimum absolute atomic E-state index is 0.0394. The zero-order valence-electron chi connectivity index (χ0n) is 18.3. The molecule has 1 saturated heterocycles. The van der Waals surface area contributed by atoms with Gasteiger partial charge in [-0.2, -0.15) is 10.2 Å². The average molecular weight is 419 g/mol. The molecule has 1 aliphatic rings. The molecule has 0 saturated carbocycles. The molecule has 0 aromatic carbocycles. The summed E-state index contributed by atoms with van der Waals surface area (Å²) in [6.45, 7) is 7.46. The van der Waals surface area contributed by atoms with Crippen LogP contribution in [0.2, 0.25) is 0 Å². The number of ether oxygens (including phenoxy) is 2. The van der Waals surface area contributed by atoms with Crippen LogP contribution in [-0.2, 0) is 11.8 Å². The van der Waals surface area contributed by atoms with Crippen molar-refractivity contribution in [2.24, 2.45) is 13.0 Å². The van der Waals surface area contributed by atoms with Crippen LogP contribution in [0.5, 0.6) is 5.88 Å². The average Bonchev–Trinajstić information content (AvgIpc) is 3.42. The molecule has 1 aliphatic heterocycles. The molecule has 1 fully saturated rings. The van der Waals surface area contributed by atoms with E-state index in [9.17, 15) is 5.26 Å². The highest BCUT2D eigenvalue weighted by molar-refractivity contribution is 6.35. The maximum absolute atomic E-state index is 9.66. The molecule has 31 heavy (non-hydrogen) atoms. The lowest BCUT2D eigenvalue weighted by Gasteiger charge is -2.18. The first-order valence-corrected chi connectivity index (χ1v) is 10.6. The monoisotopic (exact) mass is 419 g/mol. The van der Waals surface area contributed by atoms with Crippen molar-refractivity contribution in [1.82, 2.24) is 24.3 Å². The van der Waals surface area contributed by atoms with E-state index in [0.717, 1.165) is 18.2 Å². The molecular weight excluding hydrogens is 393 g/mol. The molecule has 10 heteroatoms. The highest BCUT2D eigenvalue weighted by atomic mass is 16.5. The van der Waals surface area contributed by atoms with Crippen LogP contribution < -0.4 is 15.6 Å². The lowest BCUT2D eigenvalue weighted by atomic mass is 10.0. The van der Waals surface area contributed by atoms with E-state index in [1.807, 2.05) is 10.6 Å². The molecule has 4 rings (SSSR count). The van der Waals surface area contributed by atoms with Crippen molar-refractivity contribution in [2.45, 2.75) is 45.8 Å². The number of nitrogens with one attached hydrogen (secondary N) is 1. The Hall–Kier alpha value is -3.06. The highest BCUT2D eigenvalue weighted by Crippen LogP contribution is 2.32. The Labute approximate surface area is 182 Å². The standard InChI is InChI=1S/C21H26BN7O2/c1-5-15(6-2)31-20-17(18(22)28(4)27-20)25-21-24-9-13-7-14(8-23)29(19(13)26-21)16-11-30-10-12(16)3/h7,9,12,15-16H,5-6,10-11H2,1-4H3,(H,24,25,26)/t12?,16-/m0/s1. The van der Waals surface area contributed by atoms with Gasteiger partial charge in [0.15, 0.2) is 0 Å². The van der Waals surface area contributed by atoms with E-state index in [4.69, 9.17) is 22.3 Å². The van der Waals surface area contributed by atoms with E-state index >= 15 is 0 Å². The Morgan fingerprint density at radius 2 is 2.16 bits per heavy atom. The van der Waals surface area contributed by atoms with Crippen molar-refractivity contribution in [1.29, 1.82) is 5.26 Å². The van der Waals surface area contributed by atoms with Gasteiger partial charge in [-0.25, -0.2) is 4.98 Å². The summed E-state index contributed by atoms with van der Waals surface area (Å²) in [5.41, 5.74) is 2.18. The molecule has 0 aliphatic carbocycles. The number of hydrogen-bond donors (Lipinski definition) is 1. The largest absolute Gasteiger partial charge is 0.472 e. The second-order valence-corrected chi connectivity index (χ2v) is 7.94. The SMILES string of the molecule is [B]c1c(Nc2ncc3cc(C#N)n([C@H]4COCC4C)c3n2)c(OC(CC)CC)nn1C. The minimum Gasteiger partial charge on any atom is -0.472 e. The van der Waals surface area contributed by atoms with Crippen molar-refractivity contribution in [2.75, 3.05) is 18.5 Å². The normalized spacial score (nSPS) is 18.6. The zero-order chi connectivity index (χ0) is 22.1. The Kier molecular flexibility index (Phi) is 5.87. The quantitative estimate of drug-likeness (QED) is 0.587. The summed E-state index contributed by atoms with van der Waals surface area (Å²) in [7, 11) is 7.99. The van der Waals surface area contributed by atoms with Gasteiger partial charge in [0.25, 0.3) is 5.88 Å². The number of nitrogens with zero attached hydrogens (tertiary/aromatic N) is 6. The summed E-state index contributed by atoms with van der Waals surface area (Å²) in [6.07, 6.45) is 3.47. The van der Waals surface area contributed by atoms with Gasteiger partial charge in [-0.15, -0.1) is 5.10 Å². The van der Waals surface area contributed by atoms with E-state index in [1.54, 1.807) is 17.9 Å². The molecule has 0 bridgehead atoms. The number of rotatable bonds is 7. The van der Waals surface area contributed by atoms with Crippen LogP contribution in [0, 0.1) is 17.2 Å². The van der Waals surface area contributed by atoms with E-state index in [0.29, 0.717) is 47.7 Å². The maximum atomic E-state index is 9.66. The van der Waals surface area contributed by atoms with Crippen LogP contribution in [0.3, 0.4) is 0 Å². The molecule has 2 radical (unpaired) electrons. The van der Waals surface area contributed by atoms with E-state index in [-0.39, 0.29) is 18.1 Å². The van der Waals surface area contributed by atoms with Gasteiger partial charge < -0.3 is 19.4 Å². The van der Waals surface area contributed by atoms with Crippen LogP contribution in [0.1, 0.15) is 45.3 Å². The number of nitriles is 1. The Bertz CT molecular complexity index is 1130. The van der Waals surface area contributed by atoms with E-state index in [1.165, 1.54) is 0 Å². The fraction of sp³-hybridized carbons (Fsp3) is 0.524. The van der Waals surface area contributed by atoms with Gasteiger partial charge in [-0.3, -0.25) is 4.68 Å². The molecule has 3 aromatic heterocycles. The molecule has 1 unspecified atom stereocenters. The number of aryl methyl sites for hydroxylation is 1. The van der Waals surface area contributed by atoms with Gasteiger partial charge in [0.2, 0.25) is 5.95 Å². The van der Waals surface area contributed by atoms with Gasteiger partial charge in [-0.1, -0.05) is 20.8 Å². The molecule has 3 aromatic rings. The van der Waals surface area contributed by atoms with Crippen molar-refractivity contribution in [3.63, 3.8) is 0 Å². The molecule has 0 amide bonds. The van der Waals surface area contributed by atoms with Gasteiger partial charge in [0, 0.05) is 30.1 Å². The zero-order valence-corrected chi connectivity index (χ0v) is 18.3. The minimum atomic E-state index is 0.0394. The van der Waals surface area contributed by atoms with E-state index in [2.05, 4.69) is 42.2 Å². The summed E-state index contributed by atoms with van der Waals surface area (Å²) in [4.78, 5) is 9.14. The second kappa shape index (κ2) is 8.59. The van der Waals surface area contributed by atoms with Crippen LogP contribution in [-0.4, -0.2) is 51.5 Å². The maximum Gasteiger partial charge on any atom is 0.256 e. The predicted octanol–water partition coefficient (Wildman–Crippen LogP) is 2.35. The molecule has 0 spiro atoms. The Balaban J connectivity index is 1.73. The molecule has 4 heterocycles. The van der Waals surface area contributed by atoms with Crippen molar-refractivity contribution >= 4 is 36.1 Å². The van der Waals surface area contributed by atoms with Crippen molar-refractivity contribution < 1.29 is 9.47 Å². The first-order valence-electron chi connectivity index (χ1n) is 10.6. The predicted molar refractivity (Wildman–Crippen MR) is 118 cm³/mol. The van der Waals surface area contributed by atoms with Crippen molar-refractivity contribution in [3.8, 4) is 11.9 Å². The first-order chi connectivity index (χ1) is 15.0. The van der Waals surface area contributed by atoms with Gasteiger partial charge in [0.1, 0.15) is 37.0 Å². The smallest absolute Gasteiger partial charge is 0.256 e. The third-order valence-electron chi connectivity index (χ3n) is 5.83. The summed E-state index contributed by atoms with van der Waals surface area (Å²) in [5, 5.41) is 18.0. The lowest BCUT2D eigenvalue weighted by molar-refractivity contribution is 0.182. The fourth-order valence-electron chi connectivity index (χ4n) is 3.91. The number of aromatic nitrogens is 5. The topological polar surface area (TPSA) is 103 Å². The molecule has 1 N–H and O–H groups in total. The fourth-order valence-corrected chi connectivity index (χ4v) is 3.91. The van der Waals surface area contributed by atoms with Crippen LogP contribution in [0.25, 0.3) is 11.0 Å². The van der Waals surface area contributed by atoms with E-state index < -0.39 is 0 Å². The molecule has 9 nitrogen and oxygen atoms in total. The van der Waals surface area contributed by atoms with Gasteiger partial charge in [-0.05, 0) is 18.9 Å². The highest BCUT2D eigenvalue weighted by Gasteiger charge is 2.29. The third-order valence-corrected chi connectivity index (χ3v) is 5.83. The Morgan fingerprint density at radius 1 is 1.39 bits per heavy atom. The van der Waals surface area contributed by atoms with Crippen LogP contribution in [0.4, 0.5) is 11.6 Å². The number of anilines is 2. The molecule has 160 valence electrons.